The number of aliphatic imine (C=N–C) groups is 1. The van der Waals surface area contributed by atoms with Crippen molar-refractivity contribution in [1.29, 1.82) is 0 Å². The minimum atomic E-state index is -0.679. The summed E-state index contributed by atoms with van der Waals surface area (Å²) in [6.07, 6.45) is 0. The number of esters is 2. The molecule has 1 unspecified atom stereocenters. The molecule has 3 aliphatic heterocycles. The van der Waals surface area contributed by atoms with Gasteiger partial charge < -0.3 is 19.7 Å². The molecule has 0 radical (unpaired) electrons. The minimum Gasteiger partial charge on any atom is -0.465 e. The molecule has 1 N–H and O–H groups in total. The second-order valence-corrected chi connectivity index (χ2v) is 10.2. The van der Waals surface area contributed by atoms with E-state index in [-0.39, 0.29) is 30.9 Å². The van der Waals surface area contributed by atoms with Gasteiger partial charge in [0.05, 0.1) is 37.2 Å². The lowest BCUT2D eigenvalue weighted by Crippen LogP contribution is -2.45. The van der Waals surface area contributed by atoms with Gasteiger partial charge in [-0.2, -0.15) is 0 Å². The van der Waals surface area contributed by atoms with Gasteiger partial charge in [-0.1, -0.05) is 42.5 Å². The number of nitrogens with one attached hydrogen (secondary N) is 1. The number of nitrogens with zero attached hydrogens (tertiary/aromatic N) is 3. The molecule has 0 aromatic heterocycles. The van der Waals surface area contributed by atoms with Crippen LogP contribution in [0.15, 0.2) is 71.7 Å². The molecular weight excluding hydrogens is 524 g/mol. The van der Waals surface area contributed by atoms with Crippen LogP contribution < -0.4 is 5.32 Å². The lowest BCUT2D eigenvalue weighted by Gasteiger charge is -2.27. The average Bonchev–Trinajstić information content (AvgIpc) is 3.55. The van der Waals surface area contributed by atoms with Crippen LogP contribution >= 0.6 is 0 Å². The summed E-state index contributed by atoms with van der Waals surface area (Å²) in [5, 5.41) is 2.89. The van der Waals surface area contributed by atoms with Crippen molar-refractivity contribution in [1.82, 2.24) is 9.80 Å². The summed E-state index contributed by atoms with van der Waals surface area (Å²) in [5.41, 5.74) is 5.71. The zero-order chi connectivity index (χ0) is 28.5. The highest BCUT2D eigenvalue weighted by Crippen LogP contribution is 2.37. The highest BCUT2D eigenvalue weighted by molar-refractivity contribution is 6.24. The molecule has 0 saturated carbocycles. The van der Waals surface area contributed by atoms with Crippen LogP contribution in [0.2, 0.25) is 0 Å². The second-order valence-electron chi connectivity index (χ2n) is 10.2. The predicted octanol–water partition coefficient (Wildman–Crippen LogP) is 3.03. The number of hydrogen-bond acceptors (Lipinski definition) is 8. The number of amides is 2. The Morgan fingerprint density at radius 3 is 2.56 bits per heavy atom. The molecule has 3 aliphatic rings. The maximum absolute atomic E-state index is 13.3. The fourth-order valence-electron chi connectivity index (χ4n) is 5.47. The van der Waals surface area contributed by atoms with Crippen molar-refractivity contribution in [2.45, 2.75) is 19.0 Å². The van der Waals surface area contributed by atoms with E-state index >= 15 is 0 Å². The molecule has 41 heavy (non-hydrogen) atoms. The fourth-order valence-corrected chi connectivity index (χ4v) is 5.47. The van der Waals surface area contributed by atoms with Gasteiger partial charge in [0.1, 0.15) is 12.5 Å². The topological polar surface area (TPSA) is 118 Å². The zero-order valence-electron chi connectivity index (χ0n) is 22.5. The first kappa shape index (κ1) is 26.4. The lowest BCUT2D eigenvalue weighted by atomic mass is 9.90. The summed E-state index contributed by atoms with van der Waals surface area (Å²) in [6, 6.07) is 20.4. The quantitative estimate of drug-likeness (QED) is 0.369. The molecule has 2 amide bonds. The van der Waals surface area contributed by atoms with E-state index < -0.39 is 11.9 Å². The Labute approximate surface area is 236 Å². The van der Waals surface area contributed by atoms with Gasteiger partial charge in [0.2, 0.25) is 11.8 Å². The van der Waals surface area contributed by atoms with Crippen molar-refractivity contribution in [3.05, 3.63) is 94.5 Å². The number of morpholine rings is 1. The lowest BCUT2D eigenvalue weighted by molar-refractivity contribution is -0.151. The number of ether oxygens (including phenoxy) is 2. The van der Waals surface area contributed by atoms with E-state index in [0.29, 0.717) is 48.9 Å². The molecule has 1 saturated heterocycles. The molecule has 1 fully saturated rings. The van der Waals surface area contributed by atoms with Crippen molar-refractivity contribution >= 4 is 40.8 Å². The molecule has 208 valence electrons. The number of carbonyl (C=O) groups excluding carboxylic acids is 4. The molecule has 10 heteroatoms. The number of rotatable bonds is 6. The number of hydrogen-bond donors (Lipinski definition) is 1. The van der Waals surface area contributed by atoms with E-state index in [1.807, 2.05) is 48.5 Å². The first-order chi connectivity index (χ1) is 19.9. The van der Waals surface area contributed by atoms with Gasteiger partial charge in [-0.15, -0.1) is 0 Å². The van der Waals surface area contributed by atoms with Gasteiger partial charge in [-0.3, -0.25) is 24.3 Å². The summed E-state index contributed by atoms with van der Waals surface area (Å²) in [6.45, 7) is 2.06. The van der Waals surface area contributed by atoms with E-state index in [4.69, 9.17) is 14.5 Å². The predicted molar refractivity (Wildman–Crippen MR) is 150 cm³/mol. The fraction of sp³-hybridized carbons (Fsp3) is 0.258. The maximum atomic E-state index is 13.3. The Balaban J connectivity index is 1.28. The zero-order valence-corrected chi connectivity index (χ0v) is 22.5. The Hall–Kier alpha value is -4.83. The number of methoxy groups -OCH3 is 1. The van der Waals surface area contributed by atoms with Crippen LogP contribution in [-0.4, -0.2) is 72.6 Å². The van der Waals surface area contributed by atoms with Crippen molar-refractivity contribution in [2.24, 2.45) is 4.99 Å². The number of cyclic esters (lactones) is 1. The largest absolute Gasteiger partial charge is 0.465 e. The Morgan fingerprint density at radius 2 is 1.78 bits per heavy atom. The number of benzene rings is 3. The SMILES string of the molecule is COC(=O)c1ccc2c(c1)NC(=O)C2C(=Nc1ccc2c(c1)CN(C(=O)CN1CCOC(=O)C1)C2)c1ccccc1. The number of anilines is 1. The van der Waals surface area contributed by atoms with E-state index in [2.05, 4.69) is 5.32 Å². The van der Waals surface area contributed by atoms with E-state index in [1.54, 1.807) is 28.0 Å². The molecular formula is C31H28N4O6. The molecule has 1 atom stereocenters. The van der Waals surface area contributed by atoms with Gasteiger partial charge in [0.15, 0.2) is 0 Å². The summed E-state index contributed by atoms with van der Waals surface area (Å²) in [5.74, 6) is -1.75. The van der Waals surface area contributed by atoms with Crippen molar-refractivity contribution in [3.63, 3.8) is 0 Å². The van der Waals surface area contributed by atoms with Crippen LogP contribution in [0.3, 0.4) is 0 Å². The van der Waals surface area contributed by atoms with Crippen LogP contribution in [0, 0.1) is 0 Å². The van der Waals surface area contributed by atoms with Crippen molar-refractivity contribution in [2.75, 3.05) is 38.7 Å². The molecule has 3 aromatic carbocycles. The van der Waals surface area contributed by atoms with Crippen LogP contribution in [0.5, 0.6) is 0 Å². The van der Waals surface area contributed by atoms with Gasteiger partial charge in [-0.25, -0.2) is 4.79 Å². The summed E-state index contributed by atoms with van der Waals surface area (Å²) < 4.78 is 9.79. The Kier molecular flexibility index (Phi) is 7.07. The summed E-state index contributed by atoms with van der Waals surface area (Å²) in [7, 11) is 1.31. The third-order valence-electron chi connectivity index (χ3n) is 7.55. The van der Waals surface area contributed by atoms with Gasteiger partial charge in [-0.05, 0) is 46.5 Å². The van der Waals surface area contributed by atoms with Crippen LogP contribution in [0.4, 0.5) is 11.4 Å². The number of fused-ring (bicyclic) bond motifs is 2. The van der Waals surface area contributed by atoms with Crippen LogP contribution in [0.25, 0.3) is 0 Å². The number of carbonyl (C=O) groups is 4. The van der Waals surface area contributed by atoms with Gasteiger partial charge >= 0.3 is 11.9 Å². The first-order valence-electron chi connectivity index (χ1n) is 13.3. The molecule has 0 spiro atoms. The second kappa shape index (κ2) is 11.0. The Morgan fingerprint density at radius 1 is 0.976 bits per heavy atom. The molecule has 3 aromatic rings. The summed E-state index contributed by atoms with van der Waals surface area (Å²) in [4.78, 5) is 58.4. The van der Waals surface area contributed by atoms with Crippen molar-refractivity contribution < 1.29 is 28.7 Å². The molecule has 6 rings (SSSR count). The highest BCUT2D eigenvalue weighted by Gasteiger charge is 2.36. The third kappa shape index (κ3) is 5.33. The smallest absolute Gasteiger partial charge is 0.337 e. The van der Waals surface area contributed by atoms with E-state index in [1.165, 1.54) is 7.11 Å². The Bertz CT molecular complexity index is 1580. The van der Waals surface area contributed by atoms with Crippen LogP contribution in [0.1, 0.15) is 38.5 Å². The molecule has 0 aliphatic carbocycles. The van der Waals surface area contributed by atoms with Gasteiger partial charge in [0, 0.05) is 25.3 Å². The minimum absolute atomic E-state index is 0.0449. The monoisotopic (exact) mass is 552 g/mol. The highest BCUT2D eigenvalue weighted by atomic mass is 16.5. The third-order valence-corrected chi connectivity index (χ3v) is 7.55. The van der Waals surface area contributed by atoms with Crippen molar-refractivity contribution in [3.8, 4) is 0 Å². The van der Waals surface area contributed by atoms with Gasteiger partial charge in [0.25, 0.3) is 0 Å². The van der Waals surface area contributed by atoms with Crippen LogP contribution in [-0.2, 0) is 36.9 Å². The molecule has 0 bridgehead atoms. The maximum Gasteiger partial charge on any atom is 0.337 e. The van der Waals surface area contributed by atoms with E-state index in [9.17, 15) is 19.2 Å². The van der Waals surface area contributed by atoms with E-state index in [0.717, 1.165) is 22.3 Å². The standard InChI is InChI=1S/C31H28N4O6/c1-40-31(39)20-8-10-24-25(14-20)33-30(38)28(24)29(19-5-3-2-4-6-19)32-23-9-7-21-15-35(16-22(21)13-23)26(36)17-34-11-12-41-27(37)18-34/h2-10,13-14,28H,11-12,15-18H2,1H3,(H,33,38). The first-order valence-corrected chi connectivity index (χ1v) is 13.3. The molecule has 10 nitrogen and oxygen atoms in total. The summed E-state index contributed by atoms with van der Waals surface area (Å²) >= 11 is 0. The average molecular weight is 553 g/mol. The normalized spacial score (nSPS) is 18.4. The molecule has 3 heterocycles.